The van der Waals surface area contributed by atoms with E-state index in [4.69, 9.17) is 9.47 Å². The van der Waals surface area contributed by atoms with Crippen molar-refractivity contribution in [3.8, 4) is 0 Å². The van der Waals surface area contributed by atoms with Crippen molar-refractivity contribution in [2.24, 2.45) is 0 Å². The molecule has 0 radical (unpaired) electrons. The standard InChI is InChI=1S/C22H30N2O4/c1-21(2,3)27-19(25)23-13-9-12-18(23)16-14-24(20(26)28-22(4,5)6)17-11-8-7-10-15(16)17/h7-8,10-11,14,18H,9,12-13H2,1-6H3/t18-/m0/s1. The molecule has 1 fully saturated rings. The van der Waals surface area contributed by atoms with Gasteiger partial charge < -0.3 is 14.4 Å². The Bertz CT molecular complexity index is 886. The third-order valence-electron chi connectivity index (χ3n) is 4.57. The van der Waals surface area contributed by atoms with E-state index in [1.807, 2.05) is 72.0 Å². The highest BCUT2D eigenvalue weighted by Crippen LogP contribution is 2.38. The minimum Gasteiger partial charge on any atom is -0.444 e. The molecule has 1 aliphatic heterocycles. The highest BCUT2D eigenvalue weighted by Gasteiger charge is 2.35. The quantitative estimate of drug-likeness (QED) is 0.649. The number of para-hydroxylation sites is 1. The smallest absolute Gasteiger partial charge is 0.419 e. The van der Waals surface area contributed by atoms with Crippen molar-refractivity contribution in [2.75, 3.05) is 6.54 Å². The van der Waals surface area contributed by atoms with Crippen molar-refractivity contribution >= 4 is 23.1 Å². The van der Waals surface area contributed by atoms with Gasteiger partial charge in [-0.3, -0.25) is 4.57 Å². The Morgan fingerprint density at radius 3 is 2.21 bits per heavy atom. The number of amides is 1. The summed E-state index contributed by atoms with van der Waals surface area (Å²) in [7, 11) is 0. The van der Waals surface area contributed by atoms with Gasteiger partial charge >= 0.3 is 12.2 Å². The lowest BCUT2D eigenvalue weighted by molar-refractivity contribution is 0.0225. The van der Waals surface area contributed by atoms with Gasteiger partial charge in [-0.2, -0.15) is 0 Å². The normalized spacial score (nSPS) is 17.8. The fraction of sp³-hybridized carbons (Fsp3) is 0.545. The summed E-state index contributed by atoms with van der Waals surface area (Å²) in [5.74, 6) is 0. The van der Waals surface area contributed by atoms with Crippen molar-refractivity contribution in [3.63, 3.8) is 0 Å². The van der Waals surface area contributed by atoms with Crippen molar-refractivity contribution in [1.29, 1.82) is 0 Å². The third-order valence-corrected chi connectivity index (χ3v) is 4.57. The van der Waals surface area contributed by atoms with Crippen LogP contribution in [0, 0.1) is 0 Å². The van der Waals surface area contributed by atoms with Crippen molar-refractivity contribution < 1.29 is 19.1 Å². The molecule has 0 N–H and O–H groups in total. The van der Waals surface area contributed by atoms with Gasteiger partial charge in [0, 0.05) is 23.7 Å². The lowest BCUT2D eigenvalue weighted by atomic mass is 10.0. The fourth-order valence-corrected chi connectivity index (χ4v) is 3.56. The Labute approximate surface area is 166 Å². The first kappa shape index (κ1) is 20.2. The predicted molar refractivity (Wildman–Crippen MR) is 108 cm³/mol. The molecule has 3 rings (SSSR count). The molecule has 6 heteroatoms. The second kappa shape index (κ2) is 7.15. The van der Waals surface area contributed by atoms with Crippen LogP contribution in [0.3, 0.4) is 0 Å². The van der Waals surface area contributed by atoms with Crippen molar-refractivity contribution in [1.82, 2.24) is 9.47 Å². The van der Waals surface area contributed by atoms with E-state index in [-0.39, 0.29) is 12.1 Å². The molecule has 6 nitrogen and oxygen atoms in total. The fourth-order valence-electron chi connectivity index (χ4n) is 3.56. The van der Waals surface area contributed by atoms with Gasteiger partial charge in [0.1, 0.15) is 11.2 Å². The summed E-state index contributed by atoms with van der Waals surface area (Å²) in [4.78, 5) is 27.2. The van der Waals surface area contributed by atoms with Gasteiger partial charge in [0.25, 0.3) is 0 Å². The van der Waals surface area contributed by atoms with Crippen LogP contribution in [-0.2, 0) is 9.47 Å². The SMILES string of the molecule is CC(C)(C)OC(=O)N1CCC[C@H]1c1cn(C(=O)OC(C)(C)C)c2ccccc12. The molecule has 1 saturated heterocycles. The number of nitrogens with zero attached hydrogens (tertiary/aromatic N) is 2. The van der Waals surface area contributed by atoms with Gasteiger partial charge in [-0.15, -0.1) is 0 Å². The molecule has 1 amide bonds. The summed E-state index contributed by atoms with van der Waals surface area (Å²) < 4.78 is 12.7. The Kier molecular flexibility index (Phi) is 5.17. The zero-order valence-corrected chi connectivity index (χ0v) is 17.6. The van der Waals surface area contributed by atoms with E-state index >= 15 is 0 Å². The molecule has 28 heavy (non-hydrogen) atoms. The molecule has 0 aliphatic carbocycles. The summed E-state index contributed by atoms with van der Waals surface area (Å²) in [6.45, 7) is 11.8. The molecule has 0 spiro atoms. The molecule has 1 aliphatic rings. The van der Waals surface area contributed by atoms with Crippen LogP contribution >= 0.6 is 0 Å². The minimum atomic E-state index is -0.585. The molecular formula is C22H30N2O4. The van der Waals surface area contributed by atoms with E-state index in [0.29, 0.717) is 6.54 Å². The first-order valence-corrected chi connectivity index (χ1v) is 9.79. The Hall–Kier alpha value is -2.50. The van der Waals surface area contributed by atoms with E-state index in [1.54, 1.807) is 9.47 Å². The van der Waals surface area contributed by atoms with Crippen LogP contribution in [-0.4, -0.2) is 39.4 Å². The number of ether oxygens (including phenoxy) is 2. The van der Waals surface area contributed by atoms with E-state index in [2.05, 4.69) is 0 Å². The van der Waals surface area contributed by atoms with Crippen LogP contribution in [0.25, 0.3) is 10.9 Å². The number of hydrogen-bond donors (Lipinski definition) is 0. The number of likely N-dealkylation sites (tertiary alicyclic amines) is 1. The summed E-state index contributed by atoms with van der Waals surface area (Å²) in [6.07, 6.45) is 2.81. The van der Waals surface area contributed by atoms with Gasteiger partial charge in [-0.25, -0.2) is 9.59 Å². The number of carbonyl (C=O) groups excluding carboxylic acids is 2. The average Bonchev–Trinajstić information content (AvgIpc) is 3.16. The molecule has 2 aromatic rings. The second-order valence-corrected chi connectivity index (χ2v) is 9.28. The molecule has 152 valence electrons. The summed E-state index contributed by atoms with van der Waals surface area (Å²) in [5.41, 5.74) is 0.598. The Morgan fingerprint density at radius 1 is 0.964 bits per heavy atom. The molecule has 2 heterocycles. The number of fused-ring (bicyclic) bond motifs is 1. The Balaban J connectivity index is 1.99. The van der Waals surface area contributed by atoms with Gasteiger partial charge in [-0.05, 0) is 60.5 Å². The maximum atomic E-state index is 12.7. The first-order valence-electron chi connectivity index (χ1n) is 9.79. The van der Waals surface area contributed by atoms with Crippen LogP contribution in [0.1, 0.15) is 66.0 Å². The number of hydrogen-bond acceptors (Lipinski definition) is 4. The van der Waals surface area contributed by atoms with Crippen molar-refractivity contribution in [2.45, 2.75) is 71.6 Å². The average molecular weight is 386 g/mol. The van der Waals surface area contributed by atoms with E-state index in [0.717, 1.165) is 29.3 Å². The number of aromatic nitrogens is 1. The maximum Gasteiger partial charge on any atom is 0.419 e. The van der Waals surface area contributed by atoms with E-state index in [9.17, 15) is 9.59 Å². The first-order chi connectivity index (χ1) is 13.0. The number of rotatable bonds is 1. The largest absolute Gasteiger partial charge is 0.444 e. The van der Waals surface area contributed by atoms with Gasteiger partial charge in [0.05, 0.1) is 11.6 Å². The minimum absolute atomic E-state index is 0.122. The molecule has 1 aromatic carbocycles. The summed E-state index contributed by atoms with van der Waals surface area (Å²) >= 11 is 0. The highest BCUT2D eigenvalue weighted by atomic mass is 16.6. The molecule has 1 atom stereocenters. The second-order valence-electron chi connectivity index (χ2n) is 9.28. The van der Waals surface area contributed by atoms with Crippen molar-refractivity contribution in [3.05, 3.63) is 36.0 Å². The number of benzene rings is 1. The lowest BCUT2D eigenvalue weighted by Gasteiger charge is -2.28. The molecule has 0 bridgehead atoms. The molecule has 1 aromatic heterocycles. The summed E-state index contributed by atoms with van der Waals surface area (Å²) in [5, 5.41) is 0.953. The highest BCUT2D eigenvalue weighted by molar-refractivity contribution is 5.92. The lowest BCUT2D eigenvalue weighted by Crippen LogP contribution is -2.36. The van der Waals surface area contributed by atoms with Crippen LogP contribution < -0.4 is 0 Å². The number of carbonyl (C=O) groups is 2. The van der Waals surface area contributed by atoms with Gasteiger partial charge in [0.2, 0.25) is 0 Å². The van der Waals surface area contributed by atoms with Crippen LogP contribution in [0.2, 0.25) is 0 Å². The van der Waals surface area contributed by atoms with Crippen LogP contribution in [0.15, 0.2) is 30.5 Å². The van der Waals surface area contributed by atoms with Crippen LogP contribution in [0.5, 0.6) is 0 Å². The zero-order valence-electron chi connectivity index (χ0n) is 17.6. The topological polar surface area (TPSA) is 60.8 Å². The van der Waals surface area contributed by atoms with E-state index < -0.39 is 17.3 Å². The predicted octanol–water partition coefficient (Wildman–Crippen LogP) is 5.50. The monoisotopic (exact) mass is 386 g/mol. The molecule has 0 unspecified atom stereocenters. The van der Waals surface area contributed by atoms with E-state index in [1.165, 1.54) is 0 Å². The maximum absolute atomic E-state index is 12.7. The molecule has 0 saturated carbocycles. The molecular weight excluding hydrogens is 356 g/mol. The zero-order chi connectivity index (χ0) is 20.7. The summed E-state index contributed by atoms with van der Waals surface area (Å²) in [6, 6.07) is 7.60. The van der Waals surface area contributed by atoms with Gasteiger partial charge in [-0.1, -0.05) is 18.2 Å². The third kappa shape index (κ3) is 4.32. The van der Waals surface area contributed by atoms with Crippen LogP contribution in [0.4, 0.5) is 9.59 Å². The van der Waals surface area contributed by atoms with Gasteiger partial charge in [0.15, 0.2) is 0 Å². The Morgan fingerprint density at radius 2 is 1.57 bits per heavy atom.